The number of hydrogen-bond donors (Lipinski definition) is 3. The summed E-state index contributed by atoms with van der Waals surface area (Å²) in [6.45, 7) is 3.99. The summed E-state index contributed by atoms with van der Waals surface area (Å²) >= 11 is 2.79. The number of carbonyl (C=O) groups is 3. The Morgan fingerprint density at radius 3 is 2.36 bits per heavy atom. The SMILES string of the molecule is CCC(Sc1cccc(NC(=O)/C(=C\c2ccc(OC)cc2)NC(=O)c2ccccc2)c1)C(=O)Nc1nc(-c2ccc(C)cc2)cs1. The third kappa shape index (κ3) is 9.18. The molecule has 0 spiro atoms. The second-order valence-electron chi connectivity index (χ2n) is 10.5. The molecule has 47 heavy (non-hydrogen) atoms. The molecule has 1 aromatic heterocycles. The molecule has 0 aliphatic carbocycles. The fourth-order valence-electron chi connectivity index (χ4n) is 4.52. The molecule has 0 bridgehead atoms. The van der Waals surface area contributed by atoms with Gasteiger partial charge in [-0.2, -0.15) is 0 Å². The predicted molar refractivity (Wildman–Crippen MR) is 191 cm³/mol. The van der Waals surface area contributed by atoms with E-state index in [1.807, 2.05) is 61.7 Å². The molecule has 0 aliphatic rings. The summed E-state index contributed by atoms with van der Waals surface area (Å²) in [6, 6.07) is 31.2. The van der Waals surface area contributed by atoms with Crippen LogP contribution in [0.15, 0.2) is 119 Å². The van der Waals surface area contributed by atoms with Crippen molar-refractivity contribution in [2.45, 2.75) is 30.4 Å². The number of thiazole rings is 1. The largest absolute Gasteiger partial charge is 0.497 e. The van der Waals surface area contributed by atoms with Gasteiger partial charge in [0.1, 0.15) is 11.4 Å². The van der Waals surface area contributed by atoms with Crippen LogP contribution in [0.3, 0.4) is 0 Å². The molecule has 238 valence electrons. The van der Waals surface area contributed by atoms with Gasteiger partial charge in [0.25, 0.3) is 11.8 Å². The Bertz CT molecular complexity index is 1870. The summed E-state index contributed by atoms with van der Waals surface area (Å²) < 4.78 is 5.24. The highest BCUT2D eigenvalue weighted by Gasteiger charge is 2.20. The lowest BCUT2D eigenvalue weighted by Gasteiger charge is -2.15. The van der Waals surface area contributed by atoms with Crippen molar-refractivity contribution in [3.05, 3.63) is 131 Å². The van der Waals surface area contributed by atoms with Crippen molar-refractivity contribution in [2.24, 2.45) is 0 Å². The highest BCUT2D eigenvalue weighted by Crippen LogP contribution is 2.30. The number of nitrogens with one attached hydrogen (secondary N) is 3. The second-order valence-corrected chi connectivity index (χ2v) is 12.7. The van der Waals surface area contributed by atoms with Crippen LogP contribution in [0, 0.1) is 6.92 Å². The number of rotatable bonds is 12. The van der Waals surface area contributed by atoms with Crippen molar-refractivity contribution < 1.29 is 19.1 Å². The maximum absolute atomic E-state index is 13.5. The Morgan fingerprint density at radius 1 is 0.915 bits per heavy atom. The number of methoxy groups -OCH3 is 1. The van der Waals surface area contributed by atoms with Gasteiger partial charge in [-0.25, -0.2) is 4.98 Å². The molecule has 10 heteroatoms. The number of hydrogen-bond acceptors (Lipinski definition) is 7. The molecule has 4 aromatic carbocycles. The molecule has 3 amide bonds. The van der Waals surface area contributed by atoms with Gasteiger partial charge in [0.15, 0.2) is 5.13 Å². The van der Waals surface area contributed by atoms with Gasteiger partial charge in [-0.05, 0) is 67.4 Å². The monoisotopic (exact) mass is 662 g/mol. The first-order valence-electron chi connectivity index (χ1n) is 14.9. The average molecular weight is 663 g/mol. The Morgan fingerprint density at radius 2 is 1.66 bits per heavy atom. The number of ether oxygens (including phenoxy) is 1. The lowest BCUT2D eigenvalue weighted by Crippen LogP contribution is -2.30. The normalized spacial score (nSPS) is 11.8. The van der Waals surface area contributed by atoms with E-state index in [0.717, 1.165) is 16.2 Å². The lowest BCUT2D eigenvalue weighted by atomic mass is 10.1. The quantitative estimate of drug-likeness (QED) is 0.0922. The van der Waals surface area contributed by atoms with Gasteiger partial charge in [0.05, 0.1) is 18.1 Å². The summed E-state index contributed by atoms with van der Waals surface area (Å²) in [4.78, 5) is 45.2. The molecule has 5 aromatic rings. The first kappa shape index (κ1) is 33.2. The van der Waals surface area contributed by atoms with E-state index in [0.29, 0.717) is 34.1 Å². The molecule has 0 fully saturated rings. The predicted octanol–water partition coefficient (Wildman–Crippen LogP) is 8.05. The van der Waals surface area contributed by atoms with Gasteiger partial charge in [-0.1, -0.05) is 73.2 Å². The molecular weight excluding hydrogens is 629 g/mol. The van der Waals surface area contributed by atoms with Gasteiger partial charge in [0.2, 0.25) is 5.91 Å². The Labute approximate surface area is 282 Å². The van der Waals surface area contributed by atoms with Gasteiger partial charge in [0, 0.05) is 27.1 Å². The Kier molecular flexibility index (Phi) is 11.2. The minimum absolute atomic E-state index is 0.0707. The zero-order valence-corrected chi connectivity index (χ0v) is 27.8. The maximum Gasteiger partial charge on any atom is 0.272 e. The van der Waals surface area contributed by atoms with E-state index in [9.17, 15) is 14.4 Å². The first-order chi connectivity index (χ1) is 22.8. The van der Waals surface area contributed by atoms with Crippen molar-refractivity contribution in [2.75, 3.05) is 17.7 Å². The number of amides is 3. The summed E-state index contributed by atoms with van der Waals surface area (Å²) in [5, 5.41) is 10.7. The molecular formula is C37H34N4O4S2. The second kappa shape index (κ2) is 15.9. The molecule has 1 heterocycles. The molecule has 5 rings (SSSR count). The average Bonchev–Trinajstić information content (AvgIpc) is 3.56. The minimum Gasteiger partial charge on any atom is -0.497 e. The fourth-order valence-corrected chi connectivity index (χ4v) is 6.25. The summed E-state index contributed by atoms with van der Waals surface area (Å²) in [5.74, 6) is -0.378. The van der Waals surface area contributed by atoms with Crippen LogP contribution in [0.1, 0.15) is 34.8 Å². The van der Waals surface area contributed by atoms with Crippen LogP contribution in [0.25, 0.3) is 17.3 Å². The molecule has 1 atom stereocenters. The van der Waals surface area contributed by atoms with Gasteiger partial charge in [-0.3, -0.25) is 14.4 Å². The number of nitrogens with zero attached hydrogens (tertiary/aromatic N) is 1. The number of carbonyl (C=O) groups excluding carboxylic acids is 3. The molecule has 0 saturated carbocycles. The Hall–Kier alpha value is -5.19. The zero-order chi connectivity index (χ0) is 33.2. The van der Waals surface area contributed by atoms with Crippen molar-refractivity contribution >= 4 is 57.7 Å². The molecule has 0 saturated heterocycles. The van der Waals surface area contributed by atoms with Gasteiger partial charge < -0.3 is 20.7 Å². The van der Waals surface area contributed by atoms with E-state index in [4.69, 9.17) is 4.74 Å². The smallest absolute Gasteiger partial charge is 0.272 e. The van der Waals surface area contributed by atoms with Crippen LogP contribution >= 0.6 is 23.1 Å². The number of anilines is 2. The molecule has 1 unspecified atom stereocenters. The van der Waals surface area contributed by atoms with Crippen molar-refractivity contribution in [3.63, 3.8) is 0 Å². The first-order valence-corrected chi connectivity index (χ1v) is 16.7. The van der Waals surface area contributed by atoms with Crippen LogP contribution in [0.2, 0.25) is 0 Å². The number of thioether (sulfide) groups is 1. The standard InChI is InChI=1S/C37H34N4O4S2/c1-4-33(36(44)41-37-40-32(23-46-37)26-17-13-24(2)14-18-26)47-30-12-8-11-28(22-30)38-35(43)31(21-25-15-19-29(45-3)20-16-25)39-34(42)27-9-6-5-7-10-27/h5-23,33H,4H2,1-3H3,(H,38,43)(H,39,42)(H,40,41,44)/b31-21+. The third-order valence-electron chi connectivity index (χ3n) is 7.07. The van der Waals surface area contributed by atoms with E-state index >= 15 is 0 Å². The summed E-state index contributed by atoms with van der Waals surface area (Å²) in [6.07, 6.45) is 2.19. The molecule has 8 nitrogen and oxygen atoms in total. The lowest BCUT2D eigenvalue weighted by molar-refractivity contribution is -0.116. The number of aromatic nitrogens is 1. The van der Waals surface area contributed by atoms with E-state index in [1.165, 1.54) is 28.7 Å². The fraction of sp³-hybridized carbons (Fsp3) is 0.135. The molecule has 3 N–H and O–H groups in total. The number of aryl methyl sites for hydroxylation is 1. The topological polar surface area (TPSA) is 109 Å². The van der Waals surface area contributed by atoms with E-state index in [1.54, 1.807) is 73.8 Å². The van der Waals surface area contributed by atoms with Crippen molar-refractivity contribution in [3.8, 4) is 17.0 Å². The highest BCUT2D eigenvalue weighted by atomic mass is 32.2. The number of benzene rings is 4. The molecule has 0 aliphatic heterocycles. The maximum atomic E-state index is 13.5. The van der Waals surface area contributed by atoms with Crippen LogP contribution < -0.4 is 20.7 Å². The van der Waals surface area contributed by atoms with Gasteiger partial charge in [-0.15, -0.1) is 23.1 Å². The highest BCUT2D eigenvalue weighted by molar-refractivity contribution is 8.00. The zero-order valence-electron chi connectivity index (χ0n) is 26.2. The van der Waals surface area contributed by atoms with Gasteiger partial charge >= 0.3 is 0 Å². The third-order valence-corrected chi connectivity index (χ3v) is 9.19. The van der Waals surface area contributed by atoms with E-state index < -0.39 is 11.8 Å². The Balaban J connectivity index is 1.27. The van der Waals surface area contributed by atoms with Crippen LogP contribution in [-0.2, 0) is 9.59 Å². The van der Waals surface area contributed by atoms with Crippen LogP contribution in [-0.4, -0.2) is 35.1 Å². The van der Waals surface area contributed by atoms with Crippen molar-refractivity contribution in [1.82, 2.24) is 10.3 Å². The molecule has 0 radical (unpaired) electrons. The van der Waals surface area contributed by atoms with E-state index in [2.05, 4.69) is 20.9 Å². The summed E-state index contributed by atoms with van der Waals surface area (Å²) in [5.41, 5.74) is 4.70. The summed E-state index contributed by atoms with van der Waals surface area (Å²) in [7, 11) is 1.58. The van der Waals surface area contributed by atoms with E-state index in [-0.39, 0.29) is 16.9 Å². The van der Waals surface area contributed by atoms with Crippen LogP contribution in [0.4, 0.5) is 10.8 Å². The van der Waals surface area contributed by atoms with Crippen molar-refractivity contribution in [1.29, 1.82) is 0 Å². The van der Waals surface area contributed by atoms with Crippen LogP contribution in [0.5, 0.6) is 5.75 Å². The minimum atomic E-state index is -0.495.